The first kappa shape index (κ1) is 7.35. The van der Waals surface area contributed by atoms with Gasteiger partial charge in [0.1, 0.15) is 11.6 Å². The number of hydrogen-bond acceptors (Lipinski definition) is 2. The van der Waals surface area contributed by atoms with Crippen LogP contribution >= 0.6 is 0 Å². The van der Waals surface area contributed by atoms with E-state index in [0.29, 0.717) is 0 Å². The normalized spacial score (nSPS) is 34.8. The zero-order chi connectivity index (χ0) is 9.05. The highest BCUT2D eigenvalue weighted by Crippen LogP contribution is 2.41. The van der Waals surface area contributed by atoms with Crippen LogP contribution in [0.15, 0.2) is 0 Å². The number of nitrogens with one attached hydrogen (secondary N) is 1. The summed E-state index contributed by atoms with van der Waals surface area (Å²) in [6.45, 7) is 0.776. The van der Waals surface area contributed by atoms with Gasteiger partial charge in [-0.15, -0.1) is 0 Å². The number of fused-ring (bicyclic) bond motifs is 1. The molecular weight excluding hydrogens is 168 g/mol. The number of amides is 2. The van der Waals surface area contributed by atoms with Gasteiger partial charge in [0.15, 0.2) is 0 Å². The van der Waals surface area contributed by atoms with Gasteiger partial charge in [-0.25, -0.2) is 0 Å². The third kappa shape index (κ3) is 0.806. The van der Waals surface area contributed by atoms with Crippen LogP contribution in [0.3, 0.4) is 0 Å². The average molecular weight is 180 g/mol. The first-order valence-electron chi connectivity index (χ1n) is 4.86. The van der Waals surface area contributed by atoms with Crippen LogP contribution in [0.4, 0.5) is 0 Å². The van der Waals surface area contributed by atoms with Gasteiger partial charge in [-0.05, 0) is 25.7 Å². The Labute approximate surface area is 76.3 Å². The number of piperazine rings is 1. The molecule has 1 saturated carbocycles. The standard InChI is InChI=1S/C9H12N2O2/c12-7-6-2-1-5-11(6)8(13)9(10-7)3-4-9/h6H,1-5H2,(H,10,12). The molecule has 0 aromatic carbocycles. The summed E-state index contributed by atoms with van der Waals surface area (Å²) in [5, 5.41) is 2.86. The summed E-state index contributed by atoms with van der Waals surface area (Å²) in [4.78, 5) is 25.2. The number of nitrogens with zero attached hydrogens (tertiary/aromatic N) is 1. The summed E-state index contributed by atoms with van der Waals surface area (Å²) in [5.41, 5.74) is -0.460. The lowest BCUT2D eigenvalue weighted by Crippen LogP contribution is -2.62. The maximum atomic E-state index is 11.8. The van der Waals surface area contributed by atoms with E-state index in [0.717, 1.165) is 32.2 Å². The molecule has 1 N–H and O–H groups in total. The highest BCUT2D eigenvalue weighted by molar-refractivity contribution is 6.02. The summed E-state index contributed by atoms with van der Waals surface area (Å²) in [5.74, 6) is 0.226. The van der Waals surface area contributed by atoms with E-state index in [2.05, 4.69) is 5.32 Å². The fourth-order valence-electron chi connectivity index (χ4n) is 2.39. The minimum Gasteiger partial charge on any atom is -0.340 e. The molecule has 0 radical (unpaired) electrons. The zero-order valence-corrected chi connectivity index (χ0v) is 7.38. The van der Waals surface area contributed by atoms with Crippen molar-refractivity contribution in [1.82, 2.24) is 10.2 Å². The van der Waals surface area contributed by atoms with Gasteiger partial charge in [0.05, 0.1) is 0 Å². The van der Waals surface area contributed by atoms with Gasteiger partial charge in [0, 0.05) is 6.54 Å². The van der Waals surface area contributed by atoms with Crippen molar-refractivity contribution in [1.29, 1.82) is 0 Å². The minimum absolute atomic E-state index is 0.0644. The van der Waals surface area contributed by atoms with Crippen LogP contribution in [0.5, 0.6) is 0 Å². The van der Waals surface area contributed by atoms with Gasteiger partial charge in [0.25, 0.3) is 0 Å². The monoisotopic (exact) mass is 180 g/mol. The van der Waals surface area contributed by atoms with E-state index in [1.165, 1.54) is 0 Å². The highest BCUT2D eigenvalue weighted by Gasteiger charge is 2.59. The molecule has 4 nitrogen and oxygen atoms in total. The molecule has 3 fully saturated rings. The van der Waals surface area contributed by atoms with Gasteiger partial charge in [-0.2, -0.15) is 0 Å². The quantitative estimate of drug-likeness (QED) is 0.553. The number of rotatable bonds is 0. The van der Waals surface area contributed by atoms with Crippen molar-refractivity contribution in [3.8, 4) is 0 Å². The van der Waals surface area contributed by atoms with Gasteiger partial charge in [0.2, 0.25) is 11.8 Å². The van der Waals surface area contributed by atoms with Crippen molar-refractivity contribution in [3.05, 3.63) is 0 Å². The molecule has 13 heavy (non-hydrogen) atoms. The summed E-state index contributed by atoms with van der Waals surface area (Å²) in [6.07, 6.45) is 3.48. The fourth-order valence-corrected chi connectivity index (χ4v) is 2.39. The summed E-state index contributed by atoms with van der Waals surface area (Å²) < 4.78 is 0. The van der Waals surface area contributed by atoms with Crippen LogP contribution in [0, 0.1) is 0 Å². The van der Waals surface area contributed by atoms with Gasteiger partial charge in [-0.3, -0.25) is 9.59 Å². The largest absolute Gasteiger partial charge is 0.340 e. The van der Waals surface area contributed by atoms with E-state index in [9.17, 15) is 9.59 Å². The topological polar surface area (TPSA) is 49.4 Å². The molecule has 0 aromatic heterocycles. The third-order valence-electron chi connectivity index (χ3n) is 3.34. The molecule has 3 aliphatic rings. The Bertz CT molecular complexity index is 296. The van der Waals surface area contributed by atoms with Crippen molar-refractivity contribution in [2.45, 2.75) is 37.3 Å². The van der Waals surface area contributed by atoms with E-state index in [-0.39, 0.29) is 17.9 Å². The van der Waals surface area contributed by atoms with Crippen molar-refractivity contribution in [3.63, 3.8) is 0 Å². The molecule has 0 bridgehead atoms. The van der Waals surface area contributed by atoms with E-state index < -0.39 is 5.54 Å². The SMILES string of the molecule is O=C1NC2(CC2)C(=O)N2CCCC12. The lowest BCUT2D eigenvalue weighted by molar-refractivity contribution is -0.148. The van der Waals surface area contributed by atoms with Crippen molar-refractivity contribution in [2.75, 3.05) is 6.54 Å². The van der Waals surface area contributed by atoms with Gasteiger partial charge < -0.3 is 10.2 Å². The minimum atomic E-state index is -0.460. The van der Waals surface area contributed by atoms with E-state index in [1.807, 2.05) is 0 Å². The second-order valence-corrected chi connectivity index (χ2v) is 4.23. The van der Waals surface area contributed by atoms with Crippen LogP contribution < -0.4 is 5.32 Å². The van der Waals surface area contributed by atoms with Crippen LogP contribution in [0.1, 0.15) is 25.7 Å². The molecule has 2 saturated heterocycles. The Morgan fingerprint density at radius 1 is 1.38 bits per heavy atom. The lowest BCUT2D eigenvalue weighted by atomic mass is 10.1. The van der Waals surface area contributed by atoms with Crippen LogP contribution in [0.2, 0.25) is 0 Å². The van der Waals surface area contributed by atoms with Crippen LogP contribution in [-0.2, 0) is 9.59 Å². The molecule has 2 heterocycles. The molecule has 1 aliphatic carbocycles. The Balaban J connectivity index is 1.96. The Hall–Kier alpha value is -1.06. The van der Waals surface area contributed by atoms with Crippen molar-refractivity contribution in [2.24, 2.45) is 0 Å². The number of hydrogen-bond donors (Lipinski definition) is 1. The molecule has 1 unspecified atom stereocenters. The zero-order valence-electron chi connectivity index (χ0n) is 7.38. The molecule has 0 aromatic rings. The molecule has 2 amide bonds. The second kappa shape index (κ2) is 2.05. The smallest absolute Gasteiger partial charge is 0.249 e. The number of carbonyl (C=O) groups is 2. The van der Waals surface area contributed by atoms with Crippen LogP contribution in [-0.4, -0.2) is 34.8 Å². The van der Waals surface area contributed by atoms with Crippen LogP contribution in [0.25, 0.3) is 0 Å². The molecule has 4 heteroatoms. The summed E-state index contributed by atoms with van der Waals surface area (Å²) >= 11 is 0. The third-order valence-corrected chi connectivity index (χ3v) is 3.34. The van der Waals surface area contributed by atoms with E-state index in [1.54, 1.807) is 4.90 Å². The molecule has 1 spiro atoms. The predicted molar refractivity (Wildman–Crippen MR) is 44.8 cm³/mol. The maximum absolute atomic E-state index is 11.8. The Morgan fingerprint density at radius 3 is 2.85 bits per heavy atom. The Morgan fingerprint density at radius 2 is 2.15 bits per heavy atom. The fraction of sp³-hybridized carbons (Fsp3) is 0.778. The second-order valence-electron chi connectivity index (χ2n) is 4.23. The molecule has 70 valence electrons. The summed E-state index contributed by atoms with van der Waals surface area (Å²) in [6, 6.07) is -0.154. The Kier molecular flexibility index (Phi) is 1.16. The molecular formula is C9H12N2O2. The first-order valence-corrected chi connectivity index (χ1v) is 4.86. The lowest BCUT2D eigenvalue weighted by Gasteiger charge is -2.34. The van der Waals surface area contributed by atoms with Crippen molar-refractivity contribution < 1.29 is 9.59 Å². The maximum Gasteiger partial charge on any atom is 0.249 e. The van der Waals surface area contributed by atoms with E-state index in [4.69, 9.17) is 0 Å². The van der Waals surface area contributed by atoms with Crippen molar-refractivity contribution >= 4 is 11.8 Å². The van der Waals surface area contributed by atoms with Gasteiger partial charge >= 0.3 is 0 Å². The average Bonchev–Trinajstić information content (AvgIpc) is 2.70. The highest BCUT2D eigenvalue weighted by atomic mass is 16.2. The number of carbonyl (C=O) groups excluding carboxylic acids is 2. The van der Waals surface area contributed by atoms with Gasteiger partial charge in [-0.1, -0.05) is 0 Å². The van der Waals surface area contributed by atoms with E-state index >= 15 is 0 Å². The molecule has 1 atom stereocenters. The molecule has 2 aliphatic heterocycles. The molecule has 3 rings (SSSR count). The summed E-state index contributed by atoms with van der Waals surface area (Å²) in [7, 11) is 0. The first-order chi connectivity index (χ1) is 6.23. The predicted octanol–water partition coefficient (Wildman–Crippen LogP) is -0.360.